The molecule has 1 aliphatic rings. The van der Waals surface area contributed by atoms with Gasteiger partial charge in [-0.15, -0.1) is 0 Å². The van der Waals surface area contributed by atoms with Crippen LogP contribution in [0.1, 0.15) is 17.0 Å². The van der Waals surface area contributed by atoms with Crippen molar-refractivity contribution in [2.24, 2.45) is 13.0 Å². The van der Waals surface area contributed by atoms with Gasteiger partial charge in [-0.05, 0) is 11.6 Å². The summed E-state index contributed by atoms with van der Waals surface area (Å²) in [6.07, 6.45) is 3.83. The molecule has 1 aromatic heterocycles. The minimum atomic E-state index is -0.102. The first kappa shape index (κ1) is 15.7. The van der Waals surface area contributed by atoms with Crippen molar-refractivity contribution in [3.05, 3.63) is 47.8 Å². The third-order valence-electron chi connectivity index (χ3n) is 4.28. The zero-order valence-electron chi connectivity index (χ0n) is 13.5. The molecule has 0 saturated carbocycles. The van der Waals surface area contributed by atoms with Crippen LogP contribution in [0.25, 0.3) is 0 Å². The van der Waals surface area contributed by atoms with Gasteiger partial charge >= 0.3 is 0 Å². The minimum absolute atomic E-state index is 0.0346. The van der Waals surface area contributed by atoms with Gasteiger partial charge in [-0.1, -0.05) is 18.2 Å². The zero-order chi connectivity index (χ0) is 16.2. The number of benzene rings is 1. The van der Waals surface area contributed by atoms with Crippen molar-refractivity contribution < 1.29 is 9.53 Å². The fourth-order valence-electron chi connectivity index (χ4n) is 3.09. The average Bonchev–Trinajstić information content (AvgIpc) is 3.18. The van der Waals surface area contributed by atoms with E-state index in [1.54, 1.807) is 11.8 Å². The number of aryl methyl sites for hydroxylation is 1. The Kier molecular flexibility index (Phi) is 4.73. The summed E-state index contributed by atoms with van der Waals surface area (Å²) in [7, 11) is 3.54. The summed E-state index contributed by atoms with van der Waals surface area (Å²) in [6.45, 7) is 1.95. The SMILES string of the molecule is COCc1ccccc1NC(=O)[C@H]1CNC[C@@H]1c1cnn(C)c1. The number of hydrogen-bond acceptors (Lipinski definition) is 4. The molecule has 0 unspecified atom stereocenters. The van der Waals surface area contributed by atoms with E-state index in [-0.39, 0.29) is 17.7 Å². The Balaban J connectivity index is 1.75. The van der Waals surface area contributed by atoms with Crippen LogP contribution in [0.15, 0.2) is 36.7 Å². The van der Waals surface area contributed by atoms with Crippen LogP contribution in [0.2, 0.25) is 0 Å². The third-order valence-corrected chi connectivity index (χ3v) is 4.28. The Morgan fingerprint density at radius 2 is 2.26 bits per heavy atom. The van der Waals surface area contributed by atoms with Gasteiger partial charge in [0.1, 0.15) is 0 Å². The summed E-state index contributed by atoms with van der Waals surface area (Å²) in [4.78, 5) is 12.7. The van der Waals surface area contributed by atoms with Crippen molar-refractivity contribution in [3.63, 3.8) is 0 Å². The predicted octanol–water partition coefficient (Wildman–Crippen LogP) is 1.51. The largest absolute Gasteiger partial charge is 0.380 e. The number of anilines is 1. The molecule has 0 radical (unpaired) electrons. The fourth-order valence-corrected chi connectivity index (χ4v) is 3.09. The molecule has 1 saturated heterocycles. The predicted molar refractivity (Wildman–Crippen MR) is 88.1 cm³/mol. The van der Waals surface area contributed by atoms with E-state index in [1.807, 2.05) is 43.7 Å². The summed E-state index contributed by atoms with van der Waals surface area (Å²) in [6, 6.07) is 7.73. The fraction of sp³-hybridized carbons (Fsp3) is 0.412. The molecule has 1 aromatic carbocycles. The molecule has 122 valence electrons. The number of hydrogen-bond donors (Lipinski definition) is 2. The number of para-hydroxylation sites is 1. The summed E-state index contributed by atoms with van der Waals surface area (Å²) >= 11 is 0. The van der Waals surface area contributed by atoms with Crippen molar-refractivity contribution in [3.8, 4) is 0 Å². The van der Waals surface area contributed by atoms with Gasteiger partial charge in [0.2, 0.25) is 5.91 Å². The Bertz CT molecular complexity index is 683. The van der Waals surface area contributed by atoms with Gasteiger partial charge in [-0.2, -0.15) is 5.10 Å². The van der Waals surface area contributed by atoms with E-state index >= 15 is 0 Å². The molecule has 0 aliphatic carbocycles. The second-order valence-electron chi connectivity index (χ2n) is 5.90. The molecule has 2 aromatic rings. The van der Waals surface area contributed by atoms with Gasteiger partial charge in [0, 0.05) is 50.6 Å². The van der Waals surface area contributed by atoms with Crippen LogP contribution in [0.5, 0.6) is 0 Å². The summed E-state index contributed by atoms with van der Waals surface area (Å²) < 4.78 is 6.97. The van der Waals surface area contributed by atoms with Crippen LogP contribution in [0, 0.1) is 5.92 Å². The van der Waals surface area contributed by atoms with Crippen molar-refractivity contribution in [1.29, 1.82) is 0 Å². The number of amides is 1. The van der Waals surface area contributed by atoms with E-state index < -0.39 is 0 Å². The first-order valence-corrected chi connectivity index (χ1v) is 7.76. The Labute approximate surface area is 135 Å². The lowest BCUT2D eigenvalue weighted by Gasteiger charge is -2.18. The standard InChI is InChI=1S/C17H22N4O2/c1-21-10-13(7-19-21)14-8-18-9-15(14)17(22)20-16-6-4-3-5-12(16)11-23-2/h3-7,10,14-15,18H,8-9,11H2,1-2H3,(H,20,22)/t14-,15+/m1/s1. The van der Waals surface area contributed by atoms with Crippen LogP contribution in [0.4, 0.5) is 5.69 Å². The maximum absolute atomic E-state index is 12.7. The second kappa shape index (κ2) is 6.93. The van der Waals surface area contributed by atoms with E-state index in [9.17, 15) is 4.79 Å². The molecule has 3 rings (SSSR count). The first-order valence-electron chi connectivity index (χ1n) is 7.76. The lowest BCUT2D eigenvalue weighted by Crippen LogP contribution is -2.28. The van der Waals surface area contributed by atoms with Crippen molar-refractivity contribution in [2.45, 2.75) is 12.5 Å². The number of carbonyl (C=O) groups is 1. The summed E-state index contributed by atoms with van der Waals surface area (Å²) in [5.41, 5.74) is 2.89. The van der Waals surface area contributed by atoms with Crippen molar-refractivity contribution >= 4 is 11.6 Å². The molecule has 2 heterocycles. The lowest BCUT2D eigenvalue weighted by atomic mass is 9.90. The van der Waals surface area contributed by atoms with Gasteiger partial charge in [0.15, 0.2) is 0 Å². The Hall–Kier alpha value is -2.18. The number of methoxy groups -OCH3 is 1. The normalized spacial score (nSPS) is 20.6. The number of nitrogens with zero attached hydrogens (tertiary/aromatic N) is 2. The molecule has 6 nitrogen and oxygen atoms in total. The van der Waals surface area contributed by atoms with Crippen LogP contribution in [-0.4, -0.2) is 35.9 Å². The number of ether oxygens (including phenoxy) is 1. The van der Waals surface area contributed by atoms with Gasteiger partial charge in [-0.25, -0.2) is 0 Å². The number of nitrogens with one attached hydrogen (secondary N) is 2. The molecule has 1 aliphatic heterocycles. The Morgan fingerprint density at radius 3 is 3.00 bits per heavy atom. The molecule has 2 atom stereocenters. The second-order valence-corrected chi connectivity index (χ2v) is 5.90. The van der Waals surface area contributed by atoms with Gasteiger partial charge in [0.05, 0.1) is 18.7 Å². The van der Waals surface area contributed by atoms with E-state index in [4.69, 9.17) is 4.74 Å². The zero-order valence-corrected chi connectivity index (χ0v) is 13.5. The molecule has 0 spiro atoms. The van der Waals surface area contributed by atoms with E-state index in [1.165, 1.54) is 0 Å². The first-order chi connectivity index (χ1) is 11.2. The third kappa shape index (κ3) is 3.43. The number of aromatic nitrogens is 2. The quantitative estimate of drug-likeness (QED) is 0.878. The molecular weight excluding hydrogens is 292 g/mol. The monoisotopic (exact) mass is 314 g/mol. The number of carbonyl (C=O) groups excluding carboxylic acids is 1. The maximum Gasteiger partial charge on any atom is 0.229 e. The highest BCUT2D eigenvalue weighted by atomic mass is 16.5. The number of rotatable bonds is 5. The Morgan fingerprint density at radius 1 is 1.43 bits per heavy atom. The van der Waals surface area contributed by atoms with Gasteiger partial charge in [0.25, 0.3) is 0 Å². The molecule has 0 bridgehead atoms. The lowest BCUT2D eigenvalue weighted by molar-refractivity contribution is -0.119. The average molecular weight is 314 g/mol. The summed E-state index contributed by atoms with van der Waals surface area (Å²) in [5, 5.41) is 10.6. The van der Waals surface area contributed by atoms with E-state index in [0.29, 0.717) is 13.2 Å². The van der Waals surface area contributed by atoms with E-state index in [2.05, 4.69) is 15.7 Å². The topological polar surface area (TPSA) is 68.2 Å². The highest BCUT2D eigenvalue weighted by Crippen LogP contribution is 2.29. The van der Waals surface area contributed by atoms with Crippen molar-refractivity contribution in [1.82, 2.24) is 15.1 Å². The van der Waals surface area contributed by atoms with Gasteiger partial charge < -0.3 is 15.4 Å². The molecule has 2 N–H and O–H groups in total. The smallest absolute Gasteiger partial charge is 0.229 e. The summed E-state index contributed by atoms with van der Waals surface area (Å²) in [5.74, 6) is 0.0838. The minimum Gasteiger partial charge on any atom is -0.380 e. The molecule has 1 fully saturated rings. The van der Waals surface area contributed by atoms with Crippen molar-refractivity contribution in [2.75, 3.05) is 25.5 Å². The molecule has 1 amide bonds. The van der Waals surface area contributed by atoms with Crippen LogP contribution >= 0.6 is 0 Å². The molecule has 23 heavy (non-hydrogen) atoms. The highest BCUT2D eigenvalue weighted by molar-refractivity contribution is 5.94. The highest BCUT2D eigenvalue weighted by Gasteiger charge is 2.34. The maximum atomic E-state index is 12.7. The molecule has 6 heteroatoms. The van der Waals surface area contributed by atoms with E-state index in [0.717, 1.165) is 23.4 Å². The molecular formula is C17H22N4O2. The van der Waals surface area contributed by atoms with Crippen LogP contribution < -0.4 is 10.6 Å². The van der Waals surface area contributed by atoms with Crippen LogP contribution in [-0.2, 0) is 23.2 Å². The van der Waals surface area contributed by atoms with Gasteiger partial charge in [-0.3, -0.25) is 9.48 Å². The van der Waals surface area contributed by atoms with Crippen LogP contribution in [0.3, 0.4) is 0 Å².